The van der Waals surface area contributed by atoms with E-state index in [1.165, 1.54) is 5.56 Å². The van der Waals surface area contributed by atoms with Crippen LogP contribution in [0.4, 0.5) is 0 Å². The van der Waals surface area contributed by atoms with Crippen molar-refractivity contribution >= 4 is 11.7 Å². The maximum atomic E-state index is 11.3. The number of hydrogen-bond donors (Lipinski definition) is 0. The van der Waals surface area contributed by atoms with Crippen molar-refractivity contribution in [2.24, 2.45) is 5.16 Å². The molecule has 0 spiro atoms. The second-order valence-electron chi connectivity index (χ2n) is 4.34. The van der Waals surface area contributed by atoms with Crippen LogP contribution in [0.5, 0.6) is 0 Å². The summed E-state index contributed by atoms with van der Waals surface area (Å²) in [4.78, 5) is 16.6. The lowest BCUT2D eigenvalue weighted by molar-refractivity contribution is -0.135. The van der Waals surface area contributed by atoms with Gasteiger partial charge >= 0.3 is 5.97 Å². The minimum atomic E-state index is -0.433. The first kappa shape index (κ1) is 15.2. The Hall–Kier alpha value is -1.84. The van der Waals surface area contributed by atoms with E-state index in [1.54, 1.807) is 13.8 Å². The third-order valence-electron chi connectivity index (χ3n) is 2.62. The number of benzene rings is 1. The van der Waals surface area contributed by atoms with Crippen molar-refractivity contribution in [1.29, 1.82) is 0 Å². The summed E-state index contributed by atoms with van der Waals surface area (Å²) in [5, 5.41) is 3.80. The Bertz CT molecular complexity index is 415. The molecule has 0 bridgehead atoms. The number of rotatable bonds is 7. The zero-order chi connectivity index (χ0) is 14.1. The molecule has 4 nitrogen and oxygen atoms in total. The number of carbonyl (C=O) groups is 1. The second kappa shape index (κ2) is 8.29. The van der Waals surface area contributed by atoms with Crippen molar-refractivity contribution < 1.29 is 14.4 Å². The molecule has 0 aliphatic rings. The fraction of sp³-hybridized carbons (Fsp3) is 0.467. The maximum Gasteiger partial charge on any atom is 0.355 e. The highest BCUT2D eigenvalue weighted by atomic mass is 16.6. The van der Waals surface area contributed by atoms with Gasteiger partial charge in [-0.1, -0.05) is 35.5 Å². The van der Waals surface area contributed by atoms with E-state index < -0.39 is 5.97 Å². The van der Waals surface area contributed by atoms with Gasteiger partial charge in [0.1, 0.15) is 6.10 Å². The molecule has 1 aromatic carbocycles. The highest BCUT2D eigenvalue weighted by Gasteiger charge is 2.08. The van der Waals surface area contributed by atoms with Crippen molar-refractivity contribution in [3.8, 4) is 0 Å². The molecular weight excluding hydrogens is 242 g/mol. The van der Waals surface area contributed by atoms with E-state index in [4.69, 9.17) is 9.57 Å². The van der Waals surface area contributed by atoms with Crippen LogP contribution in [0, 0.1) is 0 Å². The van der Waals surface area contributed by atoms with E-state index in [2.05, 4.69) is 17.3 Å². The van der Waals surface area contributed by atoms with E-state index in [9.17, 15) is 4.79 Å². The lowest BCUT2D eigenvalue weighted by atomic mass is 10.1. The molecule has 0 aromatic heterocycles. The fourth-order valence-corrected chi connectivity index (χ4v) is 1.51. The van der Waals surface area contributed by atoms with Crippen molar-refractivity contribution in [3.63, 3.8) is 0 Å². The van der Waals surface area contributed by atoms with E-state index in [0.29, 0.717) is 6.61 Å². The number of ether oxygens (including phenoxy) is 1. The highest BCUT2D eigenvalue weighted by molar-refractivity contribution is 6.35. The summed E-state index contributed by atoms with van der Waals surface area (Å²) in [5.41, 5.74) is 1.51. The first-order valence-electron chi connectivity index (χ1n) is 6.55. The molecule has 1 aromatic rings. The molecule has 1 unspecified atom stereocenters. The van der Waals surface area contributed by atoms with Crippen molar-refractivity contribution in [3.05, 3.63) is 35.9 Å². The molecule has 19 heavy (non-hydrogen) atoms. The SMILES string of the molecule is CCOC(=O)/C(C)=N/OC(C)CCc1ccccc1. The van der Waals surface area contributed by atoms with Crippen molar-refractivity contribution in [2.75, 3.05) is 6.61 Å². The van der Waals surface area contributed by atoms with Gasteiger partial charge in [-0.3, -0.25) is 0 Å². The summed E-state index contributed by atoms with van der Waals surface area (Å²) in [6, 6.07) is 10.2. The number of aryl methyl sites for hydroxylation is 1. The zero-order valence-corrected chi connectivity index (χ0v) is 11.8. The van der Waals surface area contributed by atoms with Gasteiger partial charge in [0.25, 0.3) is 0 Å². The van der Waals surface area contributed by atoms with Crippen LogP contribution in [0.3, 0.4) is 0 Å². The van der Waals surface area contributed by atoms with Crippen LogP contribution in [-0.2, 0) is 20.8 Å². The van der Waals surface area contributed by atoms with Crippen LogP contribution in [-0.4, -0.2) is 24.4 Å². The maximum absolute atomic E-state index is 11.3. The first-order valence-corrected chi connectivity index (χ1v) is 6.55. The molecule has 0 aliphatic carbocycles. The van der Waals surface area contributed by atoms with Gasteiger partial charge in [-0.05, 0) is 39.2 Å². The molecule has 1 rings (SSSR count). The van der Waals surface area contributed by atoms with Gasteiger partial charge in [-0.15, -0.1) is 0 Å². The first-order chi connectivity index (χ1) is 9.13. The zero-order valence-electron chi connectivity index (χ0n) is 11.8. The fourth-order valence-electron chi connectivity index (χ4n) is 1.51. The molecule has 104 valence electrons. The molecular formula is C15H21NO3. The Kier molecular flexibility index (Phi) is 6.64. The second-order valence-corrected chi connectivity index (χ2v) is 4.34. The summed E-state index contributed by atoms with van der Waals surface area (Å²) >= 11 is 0. The molecule has 0 saturated heterocycles. The Morgan fingerprint density at radius 2 is 2.00 bits per heavy atom. The standard InChI is InChI=1S/C15H21NO3/c1-4-18-15(17)13(3)16-19-12(2)10-11-14-8-6-5-7-9-14/h5-9,12H,4,10-11H2,1-3H3/b16-13+. The lowest BCUT2D eigenvalue weighted by Gasteiger charge is -2.10. The number of oxime groups is 1. The number of hydrogen-bond acceptors (Lipinski definition) is 4. The molecule has 1 atom stereocenters. The average molecular weight is 263 g/mol. The van der Waals surface area contributed by atoms with Crippen LogP contribution in [0.25, 0.3) is 0 Å². The third kappa shape index (κ3) is 6.04. The molecule has 0 fully saturated rings. The van der Waals surface area contributed by atoms with E-state index in [1.807, 2.05) is 25.1 Å². The minimum Gasteiger partial charge on any atom is -0.461 e. The normalized spacial score (nSPS) is 12.9. The summed E-state index contributed by atoms with van der Waals surface area (Å²) < 4.78 is 4.82. The van der Waals surface area contributed by atoms with Crippen LogP contribution >= 0.6 is 0 Å². The highest BCUT2D eigenvalue weighted by Crippen LogP contribution is 2.07. The van der Waals surface area contributed by atoms with Crippen LogP contribution in [0.2, 0.25) is 0 Å². The van der Waals surface area contributed by atoms with Gasteiger partial charge in [-0.2, -0.15) is 0 Å². The van der Waals surface area contributed by atoms with Gasteiger partial charge in [0.05, 0.1) is 6.61 Å². The topological polar surface area (TPSA) is 47.9 Å². The van der Waals surface area contributed by atoms with E-state index in [-0.39, 0.29) is 11.8 Å². The Balaban J connectivity index is 2.33. The van der Waals surface area contributed by atoms with Gasteiger partial charge in [0, 0.05) is 0 Å². The predicted octanol–water partition coefficient (Wildman–Crippen LogP) is 2.96. The van der Waals surface area contributed by atoms with Crippen LogP contribution < -0.4 is 0 Å². The summed E-state index contributed by atoms with van der Waals surface area (Å²) in [6.07, 6.45) is 1.74. The van der Waals surface area contributed by atoms with Crippen molar-refractivity contribution in [2.45, 2.75) is 39.7 Å². The lowest BCUT2D eigenvalue weighted by Crippen LogP contribution is -2.16. The van der Waals surface area contributed by atoms with Gasteiger partial charge < -0.3 is 9.57 Å². The molecule has 4 heteroatoms. The summed E-state index contributed by atoms with van der Waals surface area (Å²) in [7, 11) is 0. The minimum absolute atomic E-state index is 0.0374. The summed E-state index contributed by atoms with van der Waals surface area (Å²) in [6.45, 7) is 5.62. The smallest absolute Gasteiger partial charge is 0.355 e. The number of nitrogens with zero attached hydrogens (tertiary/aromatic N) is 1. The van der Waals surface area contributed by atoms with Crippen LogP contribution in [0.15, 0.2) is 35.5 Å². The molecule has 0 N–H and O–H groups in total. The monoisotopic (exact) mass is 263 g/mol. The Morgan fingerprint density at radius 3 is 2.63 bits per heavy atom. The van der Waals surface area contributed by atoms with E-state index in [0.717, 1.165) is 12.8 Å². The molecule has 0 heterocycles. The largest absolute Gasteiger partial charge is 0.461 e. The average Bonchev–Trinajstić information content (AvgIpc) is 2.43. The number of esters is 1. The summed E-state index contributed by atoms with van der Waals surface area (Å²) in [5.74, 6) is -0.433. The van der Waals surface area contributed by atoms with Crippen molar-refractivity contribution in [1.82, 2.24) is 0 Å². The van der Waals surface area contributed by atoms with Gasteiger partial charge in [0.2, 0.25) is 0 Å². The Labute approximate surface area is 114 Å². The molecule has 0 aliphatic heterocycles. The predicted molar refractivity (Wildman–Crippen MR) is 75.1 cm³/mol. The molecule has 0 saturated carbocycles. The molecule has 0 amide bonds. The van der Waals surface area contributed by atoms with Gasteiger partial charge in [0.15, 0.2) is 5.71 Å². The Morgan fingerprint density at radius 1 is 1.32 bits per heavy atom. The van der Waals surface area contributed by atoms with E-state index >= 15 is 0 Å². The number of carbonyl (C=O) groups excluding carboxylic acids is 1. The van der Waals surface area contributed by atoms with Crippen LogP contribution in [0.1, 0.15) is 32.8 Å². The third-order valence-corrected chi connectivity index (χ3v) is 2.62. The quantitative estimate of drug-likeness (QED) is 0.431. The van der Waals surface area contributed by atoms with Gasteiger partial charge in [-0.25, -0.2) is 4.79 Å². The molecule has 0 radical (unpaired) electrons.